The second kappa shape index (κ2) is 4.43. The highest BCUT2D eigenvalue weighted by atomic mass is 79.9. The summed E-state index contributed by atoms with van der Waals surface area (Å²) in [6, 6.07) is 7.36. The van der Waals surface area contributed by atoms with Gasteiger partial charge in [0.2, 0.25) is 0 Å². The monoisotopic (exact) mass is 285 g/mol. The van der Waals surface area contributed by atoms with Crippen molar-refractivity contribution in [2.75, 3.05) is 6.54 Å². The van der Waals surface area contributed by atoms with Gasteiger partial charge in [-0.05, 0) is 24.1 Å². The molecule has 1 saturated heterocycles. The third-order valence-electron chi connectivity index (χ3n) is 2.83. The van der Waals surface area contributed by atoms with Crippen molar-refractivity contribution in [1.29, 1.82) is 0 Å². The number of aliphatic hydroxyl groups is 1. The molecule has 0 saturated carbocycles. The maximum Gasteiger partial charge on any atom is 0.407 e. The summed E-state index contributed by atoms with van der Waals surface area (Å²) in [6.07, 6.45) is -0.951. The van der Waals surface area contributed by atoms with E-state index in [0.29, 0.717) is 6.42 Å². The number of rotatable bonds is 2. The maximum absolute atomic E-state index is 10.8. The molecule has 1 heterocycles. The van der Waals surface area contributed by atoms with Gasteiger partial charge in [-0.1, -0.05) is 28.1 Å². The van der Waals surface area contributed by atoms with E-state index in [1.54, 1.807) is 0 Å². The third-order valence-corrected chi connectivity index (χ3v) is 3.36. The predicted molar refractivity (Wildman–Crippen MR) is 62.4 cm³/mol. The van der Waals surface area contributed by atoms with Crippen LogP contribution in [0.15, 0.2) is 28.7 Å². The second-order valence-corrected chi connectivity index (χ2v) is 4.82. The van der Waals surface area contributed by atoms with E-state index >= 15 is 0 Å². The van der Waals surface area contributed by atoms with Crippen molar-refractivity contribution in [2.45, 2.75) is 18.6 Å². The topological polar surface area (TPSA) is 60.8 Å². The van der Waals surface area contributed by atoms with Crippen molar-refractivity contribution in [2.24, 2.45) is 0 Å². The first kappa shape index (κ1) is 11.4. The fraction of sp³-hybridized carbons (Fsp3) is 0.364. The van der Waals surface area contributed by atoms with Gasteiger partial charge in [-0.15, -0.1) is 0 Å². The van der Waals surface area contributed by atoms with Crippen molar-refractivity contribution in [1.82, 2.24) is 4.90 Å². The van der Waals surface area contributed by atoms with Crippen LogP contribution in [0.25, 0.3) is 0 Å². The molecular formula is C11H12BrNO3. The van der Waals surface area contributed by atoms with E-state index in [1.807, 2.05) is 24.3 Å². The molecule has 2 unspecified atom stereocenters. The Morgan fingerprint density at radius 1 is 1.44 bits per heavy atom. The van der Waals surface area contributed by atoms with Crippen LogP contribution in [0.2, 0.25) is 0 Å². The molecule has 2 rings (SSSR count). The summed E-state index contributed by atoms with van der Waals surface area (Å²) >= 11 is 3.34. The zero-order valence-corrected chi connectivity index (χ0v) is 10.1. The molecular weight excluding hydrogens is 274 g/mol. The summed E-state index contributed by atoms with van der Waals surface area (Å²) < 4.78 is 0.987. The summed E-state index contributed by atoms with van der Waals surface area (Å²) in [5.41, 5.74) is 1.03. The molecule has 1 amide bonds. The Morgan fingerprint density at radius 3 is 2.56 bits per heavy atom. The maximum atomic E-state index is 10.8. The largest absolute Gasteiger partial charge is 0.465 e. The minimum atomic E-state index is -0.965. The lowest BCUT2D eigenvalue weighted by Crippen LogP contribution is -2.62. The normalized spacial score (nSPS) is 24.0. The lowest BCUT2D eigenvalue weighted by Gasteiger charge is -2.43. The van der Waals surface area contributed by atoms with E-state index in [1.165, 1.54) is 4.90 Å². The van der Waals surface area contributed by atoms with Gasteiger partial charge in [-0.3, -0.25) is 4.90 Å². The van der Waals surface area contributed by atoms with Gasteiger partial charge in [0.1, 0.15) is 0 Å². The first-order chi connectivity index (χ1) is 7.58. The van der Waals surface area contributed by atoms with E-state index in [4.69, 9.17) is 5.11 Å². The molecule has 1 fully saturated rings. The number of likely N-dealkylation sites (tertiary alicyclic amines) is 1. The number of hydrogen-bond donors (Lipinski definition) is 2. The summed E-state index contributed by atoms with van der Waals surface area (Å²) in [7, 11) is 0. The quantitative estimate of drug-likeness (QED) is 0.870. The number of β-amino-alcohol motifs (C(OH)–C–C–N with tert-alkyl or cyclic N) is 1. The van der Waals surface area contributed by atoms with Crippen molar-refractivity contribution in [3.8, 4) is 0 Å². The molecule has 0 spiro atoms. The molecule has 0 aliphatic carbocycles. The molecule has 2 atom stereocenters. The molecule has 0 radical (unpaired) electrons. The molecule has 0 aromatic heterocycles. The number of halogens is 1. The van der Waals surface area contributed by atoms with Gasteiger partial charge >= 0.3 is 6.09 Å². The number of benzene rings is 1. The van der Waals surface area contributed by atoms with E-state index in [2.05, 4.69) is 15.9 Å². The SMILES string of the molecule is O=C(O)N1CC(O)C1Cc1ccc(Br)cc1. The van der Waals surface area contributed by atoms with Crippen LogP contribution in [-0.2, 0) is 6.42 Å². The lowest BCUT2D eigenvalue weighted by atomic mass is 9.93. The highest BCUT2D eigenvalue weighted by Crippen LogP contribution is 2.23. The van der Waals surface area contributed by atoms with Gasteiger partial charge in [0, 0.05) is 4.47 Å². The Hall–Kier alpha value is -1.07. The van der Waals surface area contributed by atoms with Crippen LogP contribution in [-0.4, -0.2) is 39.9 Å². The Morgan fingerprint density at radius 2 is 2.06 bits per heavy atom. The van der Waals surface area contributed by atoms with Crippen LogP contribution in [0, 0.1) is 0 Å². The molecule has 5 heteroatoms. The molecule has 16 heavy (non-hydrogen) atoms. The number of carboxylic acid groups (broad SMARTS) is 1. The van der Waals surface area contributed by atoms with Gasteiger partial charge in [0.15, 0.2) is 0 Å². The van der Waals surface area contributed by atoms with Gasteiger partial charge in [-0.2, -0.15) is 0 Å². The van der Waals surface area contributed by atoms with E-state index in [9.17, 15) is 9.90 Å². The summed E-state index contributed by atoms with van der Waals surface area (Å²) in [4.78, 5) is 12.1. The van der Waals surface area contributed by atoms with Crippen LogP contribution < -0.4 is 0 Å². The standard InChI is InChI=1S/C11H12BrNO3/c12-8-3-1-7(2-4-8)5-9-10(14)6-13(9)11(15)16/h1-4,9-10,14H,5-6H2,(H,15,16). The van der Waals surface area contributed by atoms with Crippen LogP contribution in [0.4, 0.5) is 4.79 Å². The van der Waals surface area contributed by atoms with Gasteiger partial charge in [0.25, 0.3) is 0 Å². The highest BCUT2D eigenvalue weighted by molar-refractivity contribution is 9.10. The van der Waals surface area contributed by atoms with Crippen LogP contribution in [0.5, 0.6) is 0 Å². The van der Waals surface area contributed by atoms with E-state index in [-0.39, 0.29) is 12.6 Å². The Balaban J connectivity index is 2.03. The summed E-state index contributed by atoms with van der Waals surface area (Å²) in [6.45, 7) is 0.219. The molecule has 1 aliphatic heterocycles. The van der Waals surface area contributed by atoms with Crippen molar-refractivity contribution in [3.05, 3.63) is 34.3 Å². The zero-order valence-electron chi connectivity index (χ0n) is 8.51. The van der Waals surface area contributed by atoms with E-state index in [0.717, 1.165) is 10.0 Å². The minimum absolute atomic E-state index is 0.219. The second-order valence-electron chi connectivity index (χ2n) is 3.90. The Bertz CT molecular complexity index is 393. The fourth-order valence-corrected chi connectivity index (χ4v) is 2.12. The summed E-state index contributed by atoms with van der Waals surface area (Å²) in [5, 5.41) is 18.4. The van der Waals surface area contributed by atoms with Gasteiger partial charge in [0.05, 0.1) is 18.7 Å². The Labute approximate surface area is 102 Å². The molecule has 1 aliphatic rings. The number of carbonyl (C=O) groups is 1. The van der Waals surface area contributed by atoms with Crippen molar-refractivity contribution >= 4 is 22.0 Å². The van der Waals surface area contributed by atoms with Crippen LogP contribution >= 0.6 is 15.9 Å². The number of aliphatic hydroxyl groups excluding tert-OH is 1. The molecule has 2 N–H and O–H groups in total. The average Bonchev–Trinajstić information content (AvgIpc) is 2.24. The molecule has 1 aromatic rings. The molecule has 1 aromatic carbocycles. The summed E-state index contributed by atoms with van der Waals surface area (Å²) in [5.74, 6) is 0. The first-order valence-corrected chi connectivity index (χ1v) is 5.79. The van der Waals surface area contributed by atoms with Crippen LogP contribution in [0.3, 0.4) is 0 Å². The van der Waals surface area contributed by atoms with Gasteiger partial charge < -0.3 is 10.2 Å². The molecule has 86 valence electrons. The van der Waals surface area contributed by atoms with Gasteiger partial charge in [-0.25, -0.2) is 4.79 Å². The molecule has 0 bridgehead atoms. The first-order valence-electron chi connectivity index (χ1n) is 5.00. The molecule has 4 nitrogen and oxygen atoms in total. The lowest BCUT2D eigenvalue weighted by molar-refractivity contribution is -0.0456. The Kier molecular flexibility index (Phi) is 3.16. The minimum Gasteiger partial charge on any atom is -0.465 e. The third kappa shape index (κ3) is 2.20. The highest BCUT2D eigenvalue weighted by Gasteiger charge is 2.40. The van der Waals surface area contributed by atoms with Crippen molar-refractivity contribution in [3.63, 3.8) is 0 Å². The van der Waals surface area contributed by atoms with Crippen molar-refractivity contribution < 1.29 is 15.0 Å². The fourth-order valence-electron chi connectivity index (χ4n) is 1.86. The number of nitrogens with zero attached hydrogens (tertiary/aromatic N) is 1. The smallest absolute Gasteiger partial charge is 0.407 e. The predicted octanol–water partition coefficient (Wildman–Crippen LogP) is 1.71. The van der Waals surface area contributed by atoms with E-state index < -0.39 is 12.2 Å². The number of hydrogen-bond acceptors (Lipinski definition) is 2. The van der Waals surface area contributed by atoms with Crippen LogP contribution in [0.1, 0.15) is 5.56 Å². The average molecular weight is 286 g/mol. The number of amides is 1. The zero-order chi connectivity index (χ0) is 11.7.